The largest absolute Gasteiger partial charge is 0.462 e. The molecule has 0 rings (SSSR count). The van der Waals surface area contributed by atoms with Crippen LogP contribution in [0.1, 0.15) is 104 Å². The number of carbonyl (C=O) groups is 1. The molecule has 5 heteroatoms. The molecule has 1 atom stereocenters. The zero-order valence-electron chi connectivity index (χ0n) is 17.7. The highest BCUT2D eigenvalue weighted by Crippen LogP contribution is 2.17. The normalized spacial score (nSPS) is 13.5. The molecule has 27 heavy (non-hydrogen) atoms. The number of alkyl halides is 2. The van der Waals surface area contributed by atoms with Gasteiger partial charge in [-0.25, -0.2) is 4.39 Å². The van der Waals surface area contributed by atoms with Crippen molar-refractivity contribution in [2.24, 2.45) is 0 Å². The van der Waals surface area contributed by atoms with Crippen molar-refractivity contribution in [2.75, 3.05) is 25.2 Å². The van der Waals surface area contributed by atoms with Gasteiger partial charge in [0.25, 0.3) is 0 Å². The van der Waals surface area contributed by atoms with Gasteiger partial charge in [-0.15, -0.1) is 0 Å². The molecule has 0 heterocycles. The van der Waals surface area contributed by atoms with E-state index in [9.17, 15) is 9.18 Å². The van der Waals surface area contributed by atoms with E-state index in [0.717, 1.165) is 12.8 Å². The molecule has 0 fully saturated rings. The summed E-state index contributed by atoms with van der Waals surface area (Å²) in [5, 5.41) is 0.103. The molecule has 0 bridgehead atoms. The van der Waals surface area contributed by atoms with Crippen LogP contribution in [0.3, 0.4) is 0 Å². The Bertz CT molecular complexity index is 342. The highest BCUT2D eigenvalue weighted by Gasteiger charge is 2.30. The van der Waals surface area contributed by atoms with Gasteiger partial charge in [-0.2, -0.15) is 0 Å². The van der Waals surface area contributed by atoms with Crippen LogP contribution in [0.25, 0.3) is 0 Å². The van der Waals surface area contributed by atoms with Crippen LogP contribution in [0.5, 0.6) is 0 Å². The summed E-state index contributed by atoms with van der Waals surface area (Å²) in [6.07, 6.45) is 18.4. The Balaban J connectivity index is 3.31. The average molecular weight is 453 g/mol. The summed E-state index contributed by atoms with van der Waals surface area (Å²) in [5.41, 5.74) is -1.64. The smallest absolute Gasteiger partial charge is 0.302 e. The minimum Gasteiger partial charge on any atom is -0.462 e. The quantitative estimate of drug-likeness (QED) is 0.112. The van der Waals surface area contributed by atoms with Gasteiger partial charge in [-0.3, -0.25) is 4.79 Å². The van der Waals surface area contributed by atoms with E-state index in [0.29, 0.717) is 6.61 Å². The van der Waals surface area contributed by atoms with E-state index < -0.39 is 11.6 Å². The number of rotatable bonds is 20. The van der Waals surface area contributed by atoms with E-state index >= 15 is 0 Å². The monoisotopic (exact) mass is 452 g/mol. The van der Waals surface area contributed by atoms with Crippen LogP contribution in [0, 0.1) is 0 Å². The number of hydrogen-bond acceptors (Lipinski definition) is 3. The molecule has 0 aromatic rings. The van der Waals surface area contributed by atoms with Gasteiger partial charge in [0.1, 0.15) is 6.61 Å². The van der Waals surface area contributed by atoms with Crippen molar-refractivity contribution >= 4 is 21.9 Å². The van der Waals surface area contributed by atoms with Crippen LogP contribution in [0.4, 0.5) is 4.39 Å². The minimum atomic E-state index is -1.64. The molecule has 0 radical (unpaired) electrons. The third-order valence-electron chi connectivity index (χ3n) is 4.78. The Morgan fingerprint density at radius 1 is 0.815 bits per heavy atom. The second kappa shape index (κ2) is 19.2. The first-order chi connectivity index (χ1) is 13.0. The van der Waals surface area contributed by atoms with Crippen molar-refractivity contribution in [3.05, 3.63) is 0 Å². The van der Waals surface area contributed by atoms with Crippen LogP contribution in [0.2, 0.25) is 0 Å². The summed E-state index contributed by atoms with van der Waals surface area (Å²) in [5.74, 6) is -0.468. The van der Waals surface area contributed by atoms with E-state index in [4.69, 9.17) is 9.47 Å². The van der Waals surface area contributed by atoms with Gasteiger partial charge < -0.3 is 9.47 Å². The second-order valence-electron chi connectivity index (χ2n) is 7.71. The van der Waals surface area contributed by atoms with E-state index in [2.05, 4.69) is 22.9 Å². The molecule has 1 unspecified atom stereocenters. The van der Waals surface area contributed by atoms with E-state index in [1.807, 2.05) is 0 Å². The fraction of sp³-hybridized carbons (Fsp3) is 0.955. The summed E-state index contributed by atoms with van der Waals surface area (Å²) < 4.78 is 24.5. The standard InChI is InChI=1S/C22H42BrFO3/c1-3-4-5-6-7-8-9-10-11-12-13-14-15-16-17-26-19-22(24,18-23)20-27-21(2)25/h3-20H2,1-2H3. The first-order valence-corrected chi connectivity index (χ1v) is 12.1. The lowest BCUT2D eigenvalue weighted by molar-refractivity contribution is -0.146. The van der Waals surface area contributed by atoms with Gasteiger partial charge in [0, 0.05) is 18.9 Å². The molecule has 3 nitrogen and oxygen atoms in total. The maximum absolute atomic E-state index is 14.3. The van der Waals surface area contributed by atoms with Crippen molar-refractivity contribution in [3.8, 4) is 0 Å². The highest BCUT2D eigenvalue weighted by molar-refractivity contribution is 9.09. The molecule has 0 aromatic carbocycles. The topological polar surface area (TPSA) is 35.5 Å². The molecule has 0 N–H and O–H groups in total. The summed E-state index contributed by atoms with van der Waals surface area (Å²) in [7, 11) is 0. The van der Waals surface area contributed by atoms with Gasteiger partial charge >= 0.3 is 5.97 Å². The summed E-state index contributed by atoms with van der Waals surface area (Å²) >= 11 is 3.12. The Hall–Kier alpha value is -0.160. The molecule has 0 aliphatic heterocycles. The molecular weight excluding hydrogens is 411 g/mol. The molecule has 0 saturated heterocycles. The van der Waals surface area contributed by atoms with Crippen LogP contribution >= 0.6 is 15.9 Å². The van der Waals surface area contributed by atoms with Crippen LogP contribution in [-0.4, -0.2) is 36.8 Å². The van der Waals surface area contributed by atoms with E-state index in [1.54, 1.807) is 0 Å². The summed E-state index contributed by atoms with van der Waals surface area (Å²) in [6.45, 7) is 3.82. The highest BCUT2D eigenvalue weighted by atomic mass is 79.9. The molecule has 0 spiro atoms. The number of carbonyl (C=O) groups excluding carboxylic acids is 1. The molecule has 162 valence electrons. The third-order valence-corrected chi connectivity index (χ3v) is 5.78. The first-order valence-electron chi connectivity index (χ1n) is 11.0. The zero-order chi connectivity index (χ0) is 20.2. The third kappa shape index (κ3) is 18.9. The fourth-order valence-corrected chi connectivity index (χ4v) is 3.33. The Morgan fingerprint density at radius 3 is 1.67 bits per heavy atom. The van der Waals surface area contributed by atoms with Gasteiger partial charge in [-0.05, 0) is 6.42 Å². The molecule has 0 aliphatic carbocycles. The number of ether oxygens (including phenoxy) is 2. The van der Waals surface area contributed by atoms with Crippen molar-refractivity contribution in [1.29, 1.82) is 0 Å². The lowest BCUT2D eigenvalue weighted by Crippen LogP contribution is -2.37. The summed E-state index contributed by atoms with van der Waals surface area (Å²) in [6, 6.07) is 0. The Kier molecular flexibility index (Phi) is 19.1. The zero-order valence-corrected chi connectivity index (χ0v) is 19.3. The molecule has 0 amide bonds. The van der Waals surface area contributed by atoms with Crippen molar-refractivity contribution in [1.82, 2.24) is 0 Å². The van der Waals surface area contributed by atoms with Crippen LogP contribution in [0.15, 0.2) is 0 Å². The van der Waals surface area contributed by atoms with E-state index in [-0.39, 0.29) is 18.5 Å². The predicted molar refractivity (Wildman–Crippen MR) is 115 cm³/mol. The van der Waals surface area contributed by atoms with Crippen molar-refractivity contribution < 1.29 is 18.7 Å². The second-order valence-corrected chi connectivity index (χ2v) is 8.27. The Morgan fingerprint density at radius 2 is 1.26 bits per heavy atom. The predicted octanol–water partition coefficient (Wildman–Crippen LogP) is 7.15. The summed E-state index contributed by atoms with van der Waals surface area (Å²) in [4.78, 5) is 10.8. The number of halogens is 2. The van der Waals surface area contributed by atoms with Crippen molar-refractivity contribution in [3.63, 3.8) is 0 Å². The van der Waals surface area contributed by atoms with Gasteiger partial charge in [0.05, 0.1) is 6.61 Å². The Labute approximate surface area is 175 Å². The molecule has 0 saturated carbocycles. The maximum Gasteiger partial charge on any atom is 0.302 e. The molecule has 0 aromatic heterocycles. The SMILES string of the molecule is CCCCCCCCCCCCCCCCOCC(F)(CBr)COC(C)=O. The van der Waals surface area contributed by atoms with E-state index in [1.165, 1.54) is 84.0 Å². The molecular formula is C22H42BrFO3. The lowest BCUT2D eigenvalue weighted by Gasteiger charge is -2.22. The van der Waals surface area contributed by atoms with Gasteiger partial charge in [0.15, 0.2) is 5.67 Å². The first kappa shape index (κ1) is 26.8. The molecule has 0 aliphatic rings. The number of esters is 1. The van der Waals surface area contributed by atoms with Crippen LogP contribution in [-0.2, 0) is 14.3 Å². The average Bonchev–Trinajstić information content (AvgIpc) is 2.66. The number of hydrogen-bond donors (Lipinski definition) is 0. The fourth-order valence-electron chi connectivity index (χ4n) is 3.00. The van der Waals surface area contributed by atoms with Crippen molar-refractivity contribution in [2.45, 2.75) is 109 Å². The van der Waals surface area contributed by atoms with Crippen LogP contribution < -0.4 is 0 Å². The van der Waals surface area contributed by atoms with Gasteiger partial charge in [0.2, 0.25) is 0 Å². The van der Waals surface area contributed by atoms with Gasteiger partial charge in [-0.1, -0.05) is 106 Å². The number of unbranched alkanes of at least 4 members (excludes halogenated alkanes) is 13. The lowest BCUT2D eigenvalue weighted by atomic mass is 10.0. The minimum absolute atomic E-state index is 0.0377. The maximum atomic E-state index is 14.3.